The molecule has 0 heterocycles. The highest BCUT2D eigenvalue weighted by atomic mass is 19.4. The maximum absolute atomic E-state index is 12.7. The molecular formula is C22H25F3N2O4. The van der Waals surface area contributed by atoms with Crippen LogP contribution in [0.5, 0.6) is 0 Å². The SMILES string of the molecule is CCOC(CC(=O)NNC(=O)c1ccccc1Cc1ccc(C(F)(F)F)cc1)OCC. The van der Waals surface area contributed by atoms with Gasteiger partial charge in [-0.1, -0.05) is 30.3 Å². The molecule has 0 unspecified atom stereocenters. The average molecular weight is 438 g/mol. The lowest BCUT2D eigenvalue weighted by Crippen LogP contribution is -2.43. The molecule has 6 nitrogen and oxygen atoms in total. The van der Waals surface area contributed by atoms with Gasteiger partial charge < -0.3 is 9.47 Å². The van der Waals surface area contributed by atoms with Crippen LogP contribution in [0.1, 0.15) is 47.3 Å². The van der Waals surface area contributed by atoms with Gasteiger partial charge in [0, 0.05) is 18.8 Å². The van der Waals surface area contributed by atoms with Gasteiger partial charge >= 0.3 is 6.18 Å². The minimum atomic E-state index is -4.40. The molecular weight excluding hydrogens is 413 g/mol. The maximum atomic E-state index is 12.7. The first kappa shape index (κ1) is 24.4. The van der Waals surface area contributed by atoms with Crippen molar-refractivity contribution in [2.45, 2.75) is 39.2 Å². The number of hydrogen-bond donors (Lipinski definition) is 2. The average Bonchev–Trinajstić information content (AvgIpc) is 2.72. The lowest BCUT2D eigenvalue weighted by Gasteiger charge is -2.17. The van der Waals surface area contributed by atoms with Gasteiger partial charge in [0.15, 0.2) is 6.29 Å². The standard InChI is InChI=1S/C22H25F3N2O4/c1-3-30-20(31-4-2)14-19(28)26-27-21(29)18-8-6-5-7-16(18)13-15-9-11-17(12-10-15)22(23,24)25/h5-12,20H,3-4,13-14H2,1-2H3,(H,26,28)(H,27,29). The van der Waals surface area contributed by atoms with E-state index in [0.717, 1.165) is 12.1 Å². The Morgan fingerprint density at radius 3 is 2.13 bits per heavy atom. The molecule has 2 N–H and O–H groups in total. The summed E-state index contributed by atoms with van der Waals surface area (Å²) in [6.07, 6.45) is -4.95. The Hall–Kier alpha value is -2.91. The van der Waals surface area contributed by atoms with Crippen LogP contribution in [0.2, 0.25) is 0 Å². The van der Waals surface area contributed by atoms with Crippen molar-refractivity contribution < 1.29 is 32.2 Å². The molecule has 2 amide bonds. The van der Waals surface area contributed by atoms with Crippen LogP contribution in [0.3, 0.4) is 0 Å². The molecule has 0 saturated carbocycles. The predicted octanol–water partition coefficient (Wildman–Crippen LogP) is 3.85. The van der Waals surface area contributed by atoms with Crippen molar-refractivity contribution in [2.75, 3.05) is 13.2 Å². The molecule has 0 atom stereocenters. The van der Waals surface area contributed by atoms with E-state index in [1.54, 1.807) is 38.1 Å². The van der Waals surface area contributed by atoms with E-state index in [0.29, 0.717) is 29.9 Å². The van der Waals surface area contributed by atoms with Crippen LogP contribution >= 0.6 is 0 Å². The molecule has 0 aliphatic heterocycles. The monoisotopic (exact) mass is 438 g/mol. The fourth-order valence-corrected chi connectivity index (χ4v) is 2.86. The van der Waals surface area contributed by atoms with Crippen LogP contribution in [-0.4, -0.2) is 31.3 Å². The number of carbonyl (C=O) groups excluding carboxylic acids is 2. The summed E-state index contributed by atoms with van der Waals surface area (Å²) < 4.78 is 48.8. The molecule has 0 radical (unpaired) electrons. The van der Waals surface area contributed by atoms with Gasteiger partial charge in [0.1, 0.15) is 0 Å². The molecule has 2 aromatic rings. The molecule has 9 heteroatoms. The van der Waals surface area contributed by atoms with E-state index in [1.807, 2.05) is 0 Å². The summed E-state index contributed by atoms with van der Waals surface area (Å²) in [7, 11) is 0. The molecule has 0 aliphatic rings. The molecule has 168 valence electrons. The van der Waals surface area contributed by atoms with Crippen molar-refractivity contribution in [3.8, 4) is 0 Å². The van der Waals surface area contributed by atoms with Crippen molar-refractivity contribution in [1.29, 1.82) is 0 Å². The molecule has 0 saturated heterocycles. The smallest absolute Gasteiger partial charge is 0.352 e. The first-order valence-corrected chi connectivity index (χ1v) is 9.81. The zero-order valence-electron chi connectivity index (χ0n) is 17.3. The summed E-state index contributed by atoms with van der Waals surface area (Å²) in [6.45, 7) is 4.31. The first-order chi connectivity index (χ1) is 14.7. The fourth-order valence-electron chi connectivity index (χ4n) is 2.86. The van der Waals surface area contributed by atoms with Crippen molar-refractivity contribution in [1.82, 2.24) is 10.9 Å². The highest BCUT2D eigenvalue weighted by Crippen LogP contribution is 2.29. The van der Waals surface area contributed by atoms with Gasteiger partial charge in [0.2, 0.25) is 5.91 Å². The second kappa shape index (κ2) is 11.5. The third-order valence-corrected chi connectivity index (χ3v) is 4.31. The largest absolute Gasteiger partial charge is 0.416 e. The van der Waals surface area contributed by atoms with Crippen LogP contribution in [-0.2, 0) is 26.9 Å². The minimum absolute atomic E-state index is 0.0881. The second-order valence-corrected chi connectivity index (χ2v) is 6.58. The maximum Gasteiger partial charge on any atom is 0.416 e. The molecule has 0 spiro atoms. The Kier molecular flexibility index (Phi) is 9.02. The number of ether oxygens (including phenoxy) is 2. The molecule has 0 bridgehead atoms. The summed E-state index contributed by atoms with van der Waals surface area (Å²) in [5.41, 5.74) is 5.46. The number of hydrogen-bond acceptors (Lipinski definition) is 4. The number of hydrazine groups is 1. The van der Waals surface area contributed by atoms with E-state index >= 15 is 0 Å². The Morgan fingerprint density at radius 1 is 0.935 bits per heavy atom. The number of alkyl halides is 3. The van der Waals surface area contributed by atoms with Crippen molar-refractivity contribution in [2.24, 2.45) is 0 Å². The van der Waals surface area contributed by atoms with Gasteiger partial charge in [-0.15, -0.1) is 0 Å². The summed E-state index contributed by atoms with van der Waals surface area (Å²) in [5, 5.41) is 0. The lowest BCUT2D eigenvalue weighted by molar-refractivity contribution is -0.153. The fraction of sp³-hybridized carbons (Fsp3) is 0.364. The zero-order valence-corrected chi connectivity index (χ0v) is 17.3. The Labute approximate surface area is 178 Å². The second-order valence-electron chi connectivity index (χ2n) is 6.58. The Morgan fingerprint density at radius 2 is 1.55 bits per heavy atom. The third kappa shape index (κ3) is 7.69. The van der Waals surface area contributed by atoms with Gasteiger partial charge in [-0.2, -0.15) is 13.2 Å². The van der Waals surface area contributed by atoms with E-state index in [-0.39, 0.29) is 12.8 Å². The Balaban J connectivity index is 2.01. The lowest BCUT2D eigenvalue weighted by atomic mass is 9.98. The summed E-state index contributed by atoms with van der Waals surface area (Å²) in [5.74, 6) is -1.03. The number of benzene rings is 2. The van der Waals surface area contributed by atoms with Gasteiger partial charge in [-0.05, 0) is 49.6 Å². The van der Waals surface area contributed by atoms with E-state index < -0.39 is 29.8 Å². The molecule has 2 aromatic carbocycles. The Bertz CT molecular complexity index is 864. The normalized spacial score (nSPS) is 11.4. The van der Waals surface area contributed by atoms with Crippen LogP contribution < -0.4 is 10.9 Å². The highest BCUT2D eigenvalue weighted by molar-refractivity contribution is 5.96. The number of nitrogens with one attached hydrogen (secondary N) is 2. The van der Waals surface area contributed by atoms with Gasteiger partial charge in [0.25, 0.3) is 5.91 Å². The summed E-state index contributed by atoms with van der Waals surface area (Å²) >= 11 is 0. The zero-order chi connectivity index (χ0) is 22.9. The minimum Gasteiger partial charge on any atom is -0.352 e. The number of carbonyl (C=O) groups is 2. The van der Waals surface area contributed by atoms with Crippen LogP contribution in [0, 0.1) is 0 Å². The third-order valence-electron chi connectivity index (χ3n) is 4.31. The molecule has 0 fully saturated rings. The van der Waals surface area contributed by atoms with Crippen molar-refractivity contribution >= 4 is 11.8 Å². The van der Waals surface area contributed by atoms with E-state index in [1.165, 1.54) is 12.1 Å². The van der Waals surface area contributed by atoms with Crippen LogP contribution in [0.15, 0.2) is 48.5 Å². The first-order valence-electron chi connectivity index (χ1n) is 9.81. The quantitative estimate of drug-likeness (QED) is 0.461. The van der Waals surface area contributed by atoms with Gasteiger partial charge in [0.05, 0.1) is 12.0 Å². The van der Waals surface area contributed by atoms with E-state index in [2.05, 4.69) is 10.9 Å². The number of amides is 2. The topological polar surface area (TPSA) is 76.7 Å². The van der Waals surface area contributed by atoms with Crippen LogP contribution in [0.25, 0.3) is 0 Å². The van der Waals surface area contributed by atoms with E-state index in [9.17, 15) is 22.8 Å². The van der Waals surface area contributed by atoms with Gasteiger partial charge in [-0.25, -0.2) is 0 Å². The van der Waals surface area contributed by atoms with E-state index in [4.69, 9.17) is 9.47 Å². The summed E-state index contributed by atoms with van der Waals surface area (Å²) in [6, 6.07) is 11.4. The highest BCUT2D eigenvalue weighted by Gasteiger charge is 2.30. The molecule has 0 aromatic heterocycles. The van der Waals surface area contributed by atoms with Crippen molar-refractivity contribution in [3.63, 3.8) is 0 Å². The van der Waals surface area contributed by atoms with Crippen LogP contribution in [0.4, 0.5) is 13.2 Å². The molecule has 0 aliphatic carbocycles. The van der Waals surface area contributed by atoms with Gasteiger partial charge in [-0.3, -0.25) is 20.4 Å². The number of halogens is 3. The predicted molar refractivity (Wildman–Crippen MR) is 108 cm³/mol. The molecule has 31 heavy (non-hydrogen) atoms. The number of rotatable bonds is 9. The van der Waals surface area contributed by atoms with Crippen molar-refractivity contribution in [3.05, 3.63) is 70.8 Å². The summed E-state index contributed by atoms with van der Waals surface area (Å²) in [4.78, 5) is 24.6. The molecule has 2 rings (SSSR count).